The highest BCUT2D eigenvalue weighted by molar-refractivity contribution is 9.10. The Kier molecular flexibility index (Phi) is 5.95. The fraction of sp³-hybridized carbons (Fsp3) is 0.385. The zero-order chi connectivity index (χ0) is 14.4. The van der Waals surface area contributed by atoms with Gasteiger partial charge in [0.1, 0.15) is 5.82 Å². The van der Waals surface area contributed by atoms with Crippen molar-refractivity contribution in [2.24, 2.45) is 0 Å². The van der Waals surface area contributed by atoms with Gasteiger partial charge in [0.15, 0.2) is 0 Å². The molecule has 0 aliphatic heterocycles. The number of likely N-dealkylation sites (N-methyl/N-ethyl adjacent to an activating group) is 1. The first kappa shape index (κ1) is 15.6. The molecule has 104 valence electrons. The van der Waals surface area contributed by atoms with Gasteiger partial charge in [-0.05, 0) is 24.6 Å². The van der Waals surface area contributed by atoms with Crippen LogP contribution in [0, 0.1) is 5.82 Å². The number of hydrogen-bond donors (Lipinski definition) is 1. The Hall–Kier alpha value is -1.43. The van der Waals surface area contributed by atoms with Crippen LogP contribution in [0.2, 0.25) is 0 Å². The molecule has 6 heteroatoms. The van der Waals surface area contributed by atoms with Crippen LogP contribution in [0.3, 0.4) is 0 Å². The van der Waals surface area contributed by atoms with Crippen molar-refractivity contribution < 1.29 is 14.0 Å². The lowest BCUT2D eigenvalue weighted by molar-refractivity contribution is -0.121. The molecule has 0 fully saturated rings. The molecule has 1 aromatic carbocycles. The average Bonchev–Trinajstić information content (AvgIpc) is 2.37. The zero-order valence-corrected chi connectivity index (χ0v) is 12.5. The minimum Gasteiger partial charge on any atom is -0.358 e. The molecule has 0 radical (unpaired) electrons. The average molecular weight is 331 g/mol. The molecule has 2 amide bonds. The first-order valence-corrected chi connectivity index (χ1v) is 6.73. The van der Waals surface area contributed by atoms with Gasteiger partial charge in [-0.2, -0.15) is 0 Å². The summed E-state index contributed by atoms with van der Waals surface area (Å²) < 4.78 is 14.3. The molecule has 1 N–H and O–H groups in total. The number of carbonyl (C=O) groups is 2. The van der Waals surface area contributed by atoms with E-state index in [0.717, 1.165) is 0 Å². The summed E-state index contributed by atoms with van der Waals surface area (Å²) in [5.41, 5.74) is -0.0273. The predicted molar refractivity (Wildman–Crippen MR) is 74.4 cm³/mol. The topological polar surface area (TPSA) is 49.4 Å². The maximum atomic E-state index is 13.7. The molecular formula is C13H16BrFN2O2. The Morgan fingerprint density at radius 3 is 2.63 bits per heavy atom. The van der Waals surface area contributed by atoms with E-state index >= 15 is 0 Å². The summed E-state index contributed by atoms with van der Waals surface area (Å²) in [6.07, 6.45) is 0.695. The Bertz CT molecular complexity index is 480. The van der Waals surface area contributed by atoms with Crippen molar-refractivity contribution in [1.29, 1.82) is 0 Å². The number of benzene rings is 1. The van der Waals surface area contributed by atoms with E-state index in [2.05, 4.69) is 21.2 Å². The standard InChI is InChI=1S/C13H16BrFN2O2/c1-3-6-17(8-12(18)16-2)13(19)10-5-4-9(14)7-11(10)15/h4-5,7H,3,6,8H2,1-2H3,(H,16,18). The van der Waals surface area contributed by atoms with Crippen molar-refractivity contribution in [3.63, 3.8) is 0 Å². The molecule has 0 aromatic heterocycles. The summed E-state index contributed by atoms with van der Waals surface area (Å²) in [7, 11) is 1.50. The van der Waals surface area contributed by atoms with E-state index in [0.29, 0.717) is 17.4 Å². The minimum absolute atomic E-state index is 0.0273. The molecule has 0 aliphatic carbocycles. The van der Waals surface area contributed by atoms with Gasteiger partial charge in [0.25, 0.3) is 5.91 Å². The second-order valence-corrected chi connectivity index (χ2v) is 4.94. The molecule has 1 rings (SSSR count). The maximum Gasteiger partial charge on any atom is 0.257 e. The largest absolute Gasteiger partial charge is 0.358 e. The summed E-state index contributed by atoms with van der Waals surface area (Å²) >= 11 is 3.14. The SMILES string of the molecule is CCCN(CC(=O)NC)C(=O)c1ccc(Br)cc1F. The van der Waals surface area contributed by atoms with Gasteiger partial charge in [-0.25, -0.2) is 4.39 Å². The molecule has 0 atom stereocenters. The lowest BCUT2D eigenvalue weighted by Crippen LogP contribution is -2.40. The third kappa shape index (κ3) is 4.31. The van der Waals surface area contributed by atoms with Crippen molar-refractivity contribution >= 4 is 27.7 Å². The van der Waals surface area contributed by atoms with E-state index in [-0.39, 0.29) is 18.0 Å². The number of halogens is 2. The Balaban J connectivity index is 2.95. The van der Waals surface area contributed by atoms with E-state index in [9.17, 15) is 14.0 Å². The molecule has 19 heavy (non-hydrogen) atoms. The molecule has 0 unspecified atom stereocenters. The van der Waals surface area contributed by atoms with Crippen LogP contribution in [-0.2, 0) is 4.79 Å². The molecular weight excluding hydrogens is 315 g/mol. The van der Waals surface area contributed by atoms with Crippen molar-refractivity contribution in [1.82, 2.24) is 10.2 Å². The molecule has 0 aliphatic rings. The molecule has 0 spiro atoms. The van der Waals surface area contributed by atoms with E-state index in [4.69, 9.17) is 0 Å². The minimum atomic E-state index is -0.600. The second-order valence-electron chi connectivity index (χ2n) is 4.02. The Morgan fingerprint density at radius 2 is 2.11 bits per heavy atom. The molecule has 0 saturated heterocycles. The van der Waals surface area contributed by atoms with Crippen LogP contribution in [0.5, 0.6) is 0 Å². The van der Waals surface area contributed by atoms with Gasteiger partial charge >= 0.3 is 0 Å². The summed E-state index contributed by atoms with van der Waals surface area (Å²) in [5.74, 6) is -1.35. The number of hydrogen-bond acceptors (Lipinski definition) is 2. The maximum absolute atomic E-state index is 13.7. The number of carbonyl (C=O) groups excluding carboxylic acids is 2. The summed E-state index contributed by atoms with van der Waals surface area (Å²) in [6.45, 7) is 2.22. The van der Waals surface area contributed by atoms with Gasteiger partial charge in [0.2, 0.25) is 5.91 Å². The van der Waals surface area contributed by atoms with Crippen LogP contribution >= 0.6 is 15.9 Å². The van der Waals surface area contributed by atoms with Crippen LogP contribution in [0.1, 0.15) is 23.7 Å². The van der Waals surface area contributed by atoms with Gasteiger partial charge in [-0.1, -0.05) is 22.9 Å². The molecule has 0 heterocycles. The van der Waals surface area contributed by atoms with Crippen LogP contribution in [0.15, 0.2) is 22.7 Å². The highest BCUT2D eigenvalue weighted by Crippen LogP contribution is 2.17. The van der Waals surface area contributed by atoms with Crippen molar-refractivity contribution in [2.45, 2.75) is 13.3 Å². The van der Waals surface area contributed by atoms with E-state index < -0.39 is 11.7 Å². The highest BCUT2D eigenvalue weighted by atomic mass is 79.9. The van der Waals surface area contributed by atoms with Crippen molar-refractivity contribution in [3.8, 4) is 0 Å². The lowest BCUT2D eigenvalue weighted by Gasteiger charge is -2.21. The highest BCUT2D eigenvalue weighted by Gasteiger charge is 2.20. The third-order valence-electron chi connectivity index (χ3n) is 2.56. The van der Waals surface area contributed by atoms with E-state index in [1.807, 2.05) is 6.92 Å². The summed E-state index contributed by atoms with van der Waals surface area (Å²) in [6, 6.07) is 4.24. The van der Waals surface area contributed by atoms with Crippen LogP contribution in [0.25, 0.3) is 0 Å². The molecule has 0 saturated carbocycles. The number of nitrogens with zero attached hydrogens (tertiary/aromatic N) is 1. The van der Waals surface area contributed by atoms with Gasteiger partial charge in [0.05, 0.1) is 12.1 Å². The normalized spacial score (nSPS) is 10.1. The summed E-state index contributed by atoms with van der Waals surface area (Å²) in [5, 5.41) is 2.45. The zero-order valence-electron chi connectivity index (χ0n) is 10.9. The van der Waals surface area contributed by atoms with Gasteiger partial charge in [-0.15, -0.1) is 0 Å². The second kappa shape index (κ2) is 7.23. The number of nitrogens with one attached hydrogen (secondary N) is 1. The van der Waals surface area contributed by atoms with Gasteiger partial charge < -0.3 is 10.2 Å². The van der Waals surface area contributed by atoms with Crippen LogP contribution in [0.4, 0.5) is 4.39 Å². The number of amides is 2. The third-order valence-corrected chi connectivity index (χ3v) is 3.05. The Morgan fingerprint density at radius 1 is 1.42 bits per heavy atom. The van der Waals surface area contributed by atoms with E-state index in [1.165, 1.54) is 24.1 Å². The fourth-order valence-corrected chi connectivity index (χ4v) is 1.94. The molecule has 4 nitrogen and oxygen atoms in total. The van der Waals surface area contributed by atoms with Crippen molar-refractivity contribution in [2.75, 3.05) is 20.1 Å². The molecule has 0 bridgehead atoms. The van der Waals surface area contributed by atoms with Crippen LogP contribution in [-0.4, -0.2) is 36.9 Å². The van der Waals surface area contributed by atoms with Gasteiger partial charge in [0, 0.05) is 18.1 Å². The van der Waals surface area contributed by atoms with E-state index in [1.54, 1.807) is 6.07 Å². The lowest BCUT2D eigenvalue weighted by atomic mass is 10.2. The quantitative estimate of drug-likeness (QED) is 0.899. The first-order valence-electron chi connectivity index (χ1n) is 5.94. The smallest absolute Gasteiger partial charge is 0.257 e. The summed E-state index contributed by atoms with van der Waals surface area (Å²) in [4.78, 5) is 24.9. The fourth-order valence-electron chi connectivity index (χ4n) is 1.61. The monoisotopic (exact) mass is 330 g/mol. The molecule has 1 aromatic rings. The van der Waals surface area contributed by atoms with Gasteiger partial charge in [-0.3, -0.25) is 9.59 Å². The number of rotatable bonds is 5. The van der Waals surface area contributed by atoms with Crippen LogP contribution < -0.4 is 5.32 Å². The Labute approximate surface area is 120 Å². The van der Waals surface area contributed by atoms with Crippen molar-refractivity contribution in [3.05, 3.63) is 34.1 Å². The first-order chi connectivity index (χ1) is 8.99. The predicted octanol–water partition coefficient (Wildman–Crippen LogP) is 2.19.